The average molecular weight is 265 g/mol. The van der Waals surface area contributed by atoms with Gasteiger partial charge in [0.15, 0.2) is 12.4 Å². The van der Waals surface area contributed by atoms with Crippen LogP contribution in [0.15, 0.2) is 35.5 Å². The second kappa shape index (κ2) is 7.97. The number of hydrogen-bond acceptors (Lipinski definition) is 4. The van der Waals surface area contributed by atoms with Crippen molar-refractivity contribution in [1.82, 2.24) is 5.32 Å². The Kier molecular flexibility index (Phi) is 6.21. The third-order valence-electron chi connectivity index (χ3n) is 2.50. The second-order valence-electron chi connectivity index (χ2n) is 4.04. The number of oxime groups is 1. The first-order chi connectivity index (χ1) is 9.17. The van der Waals surface area contributed by atoms with E-state index in [1.54, 1.807) is 12.1 Å². The Bertz CT molecular complexity index is 420. The minimum absolute atomic E-state index is 0.00471. The van der Waals surface area contributed by atoms with E-state index in [2.05, 4.69) is 10.5 Å². The number of benzene rings is 1. The molecule has 19 heavy (non-hydrogen) atoms. The van der Waals surface area contributed by atoms with E-state index in [0.717, 1.165) is 6.42 Å². The summed E-state index contributed by atoms with van der Waals surface area (Å²) >= 11 is 0. The molecule has 0 aromatic heterocycles. The molecule has 0 fully saturated rings. The van der Waals surface area contributed by atoms with Gasteiger partial charge in [0.1, 0.15) is 5.75 Å². The van der Waals surface area contributed by atoms with Gasteiger partial charge >= 0.3 is 0 Å². The van der Waals surface area contributed by atoms with E-state index in [4.69, 9.17) is 15.7 Å². The van der Waals surface area contributed by atoms with Crippen molar-refractivity contribution < 1.29 is 14.7 Å². The molecule has 0 aliphatic rings. The highest BCUT2D eigenvalue weighted by molar-refractivity contribution is 5.90. The van der Waals surface area contributed by atoms with Gasteiger partial charge in [-0.3, -0.25) is 4.79 Å². The van der Waals surface area contributed by atoms with Crippen LogP contribution < -0.4 is 15.8 Å². The molecule has 0 heterocycles. The zero-order chi connectivity index (χ0) is 14.1. The number of para-hydroxylation sites is 1. The molecular formula is C13H19N3O3. The van der Waals surface area contributed by atoms with Crippen LogP contribution in [0.4, 0.5) is 0 Å². The number of nitrogens with two attached hydrogens (primary N) is 1. The Morgan fingerprint density at radius 2 is 2.16 bits per heavy atom. The second-order valence-corrected chi connectivity index (χ2v) is 4.04. The largest absolute Gasteiger partial charge is 0.484 e. The van der Waals surface area contributed by atoms with Crippen molar-refractivity contribution in [3.05, 3.63) is 30.3 Å². The van der Waals surface area contributed by atoms with Gasteiger partial charge in [-0.15, -0.1) is 0 Å². The zero-order valence-corrected chi connectivity index (χ0v) is 10.9. The standard InChI is InChI=1S/C13H19N3O3/c1-2-6-11(13(14)16-18)15-12(17)9-19-10-7-4-3-5-8-10/h3-5,7-8,11,18H,2,6,9H2,1H3,(H2,14,16)(H,15,17). The smallest absolute Gasteiger partial charge is 0.258 e. The first-order valence-corrected chi connectivity index (χ1v) is 6.12. The molecule has 1 aromatic carbocycles. The topological polar surface area (TPSA) is 96.9 Å². The van der Waals surface area contributed by atoms with Crippen LogP contribution in [0.2, 0.25) is 0 Å². The highest BCUT2D eigenvalue weighted by Gasteiger charge is 2.16. The molecule has 1 aromatic rings. The van der Waals surface area contributed by atoms with Gasteiger partial charge in [-0.2, -0.15) is 0 Å². The molecule has 1 rings (SSSR count). The molecule has 104 valence electrons. The van der Waals surface area contributed by atoms with Crippen molar-refractivity contribution in [1.29, 1.82) is 0 Å². The molecule has 4 N–H and O–H groups in total. The lowest BCUT2D eigenvalue weighted by atomic mass is 10.1. The SMILES string of the molecule is CCCC(NC(=O)COc1ccccc1)C(N)=NO. The monoisotopic (exact) mass is 265 g/mol. The third-order valence-corrected chi connectivity index (χ3v) is 2.50. The number of rotatable bonds is 7. The van der Waals surface area contributed by atoms with Gasteiger partial charge < -0.3 is 21.0 Å². The number of nitrogens with zero attached hydrogens (tertiary/aromatic N) is 1. The fourth-order valence-corrected chi connectivity index (χ4v) is 1.55. The van der Waals surface area contributed by atoms with Crippen LogP contribution in [-0.4, -0.2) is 29.6 Å². The van der Waals surface area contributed by atoms with Crippen LogP contribution in [0.5, 0.6) is 5.75 Å². The molecule has 0 saturated carbocycles. The number of amides is 1. The normalized spacial score (nSPS) is 12.8. The third kappa shape index (κ3) is 5.29. The van der Waals surface area contributed by atoms with E-state index in [-0.39, 0.29) is 18.3 Å². The number of nitrogens with one attached hydrogen (secondary N) is 1. The van der Waals surface area contributed by atoms with E-state index in [9.17, 15) is 4.79 Å². The maximum atomic E-state index is 11.7. The van der Waals surface area contributed by atoms with Crippen molar-refractivity contribution in [3.63, 3.8) is 0 Å². The minimum atomic E-state index is -0.470. The number of amidine groups is 1. The fraction of sp³-hybridized carbons (Fsp3) is 0.385. The Morgan fingerprint density at radius 3 is 2.74 bits per heavy atom. The molecular weight excluding hydrogens is 246 g/mol. The molecule has 0 bridgehead atoms. The molecule has 1 unspecified atom stereocenters. The molecule has 1 amide bonds. The maximum Gasteiger partial charge on any atom is 0.258 e. The van der Waals surface area contributed by atoms with Crippen LogP contribution in [0, 0.1) is 0 Å². The van der Waals surface area contributed by atoms with Gasteiger partial charge in [0.25, 0.3) is 5.91 Å². The first-order valence-electron chi connectivity index (χ1n) is 6.12. The summed E-state index contributed by atoms with van der Waals surface area (Å²) < 4.78 is 5.30. The van der Waals surface area contributed by atoms with E-state index in [0.29, 0.717) is 12.2 Å². The summed E-state index contributed by atoms with van der Waals surface area (Å²) in [6.45, 7) is 1.84. The summed E-state index contributed by atoms with van der Waals surface area (Å²) in [4.78, 5) is 11.7. The maximum absolute atomic E-state index is 11.7. The first kappa shape index (κ1) is 14.8. The molecule has 0 aliphatic carbocycles. The predicted octanol–water partition coefficient (Wildman–Crippen LogP) is 1.10. The predicted molar refractivity (Wildman–Crippen MR) is 72.2 cm³/mol. The highest BCUT2D eigenvalue weighted by Crippen LogP contribution is 2.07. The van der Waals surface area contributed by atoms with Crippen molar-refractivity contribution in [3.8, 4) is 5.75 Å². The highest BCUT2D eigenvalue weighted by atomic mass is 16.5. The van der Waals surface area contributed by atoms with Crippen LogP contribution >= 0.6 is 0 Å². The van der Waals surface area contributed by atoms with E-state index < -0.39 is 6.04 Å². The lowest BCUT2D eigenvalue weighted by Gasteiger charge is -2.16. The molecule has 0 radical (unpaired) electrons. The van der Waals surface area contributed by atoms with Crippen molar-refractivity contribution >= 4 is 11.7 Å². The number of hydrogen-bond donors (Lipinski definition) is 3. The fourth-order valence-electron chi connectivity index (χ4n) is 1.55. The number of carbonyl (C=O) groups excluding carboxylic acids is 1. The van der Waals surface area contributed by atoms with Gasteiger partial charge in [0, 0.05) is 0 Å². The van der Waals surface area contributed by atoms with Gasteiger partial charge in [-0.25, -0.2) is 0 Å². The van der Waals surface area contributed by atoms with E-state index in [1.165, 1.54) is 0 Å². The van der Waals surface area contributed by atoms with Gasteiger partial charge in [0.2, 0.25) is 0 Å². The van der Waals surface area contributed by atoms with Crippen LogP contribution in [0.25, 0.3) is 0 Å². The molecule has 6 nitrogen and oxygen atoms in total. The van der Waals surface area contributed by atoms with Crippen molar-refractivity contribution in [2.24, 2.45) is 10.9 Å². The van der Waals surface area contributed by atoms with Gasteiger partial charge in [0.05, 0.1) is 6.04 Å². The Labute approximate surface area is 112 Å². The molecule has 1 atom stereocenters. The summed E-state index contributed by atoms with van der Waals surface area (Å²) in [5, 5.41) is 14.2. The van der Waals surface area contributed by atoms with Crippen LogP contribution in [0.1, 0.15) is 19.8 Å². The number of ether oxygens (including phenoxy) is 1. The van der Waals surface area contributed by atoms with Gasteiger partial charge in [-0.05, 0) is 18.6 Å². The summed E-state index contributed by atoms with van der Waals surface area (Å²) in [5.74, 6) is 0.303. The quantitative estimate of drug-likeness (QED) is 0.297. The molecule has 0 saturated heterocycles. The van der Waals surface area contributed by atoms with E-state index in [1.807, 2.05) is 25.1 Å². The average Bonchev–Trinajstić information content (AvgIpc) is 2.45. The molecule has 0 spiro atoms. The Balaban J connectivity index is 2.45. The van der Waals surface area contributed by atoms with E-state index >= 15 is 0 Å². The van der Waals surface area contributed by atoms with Crippen LogP contribution in [-0.2, 0) is 4.79 Å². The lowest BCUT2D eigenvalue weighted by Crippen LogP contribution is -2.46. The molecule has 6 heteroatoms. The number of carbonyl (C=O) groups is 1. The zero-order valence-electron chi connectivity index (χ0n) is 10.9. The van der Waals surface area contributed by atoms with Crippen molar-refractivity contribution in [2.75, 3.05) is 6.61 Å². The summed E-state index contributed by atoms with van der Waals surface area (Å²) in [6.07, 6.45) is 1.41. The summed E-state index contributed by atoms with van der Waals surface area (Å²) in [6, 6.07) is 8.57. The van der Waals surface area contributed by atoms with Gasteiger partial charge in [-0.1, -0.05) is 36.7 Å². The minimum Gasteiger partial charge on any atom is -0.484 e. The molecule has 0 aliphatic heterocycles. The van der Waals surface area contributed by atoms with Crippen LogP contribution in [0.3, 0.4) is 0 Å². The Morgan fingerprint density at radius 1 is 1.47 bits per heavy atom. The Hall–Kier alpha value is -2.24. The lowest BCUT2D eigenvalue weighted by molar-refractivity contribution is -0.123. The summed E-state index contributed by atoms with van der Waals surface area (Å²) in [7, 11) is 0. The van der Waals surface area contributed by atoms with Crippen molar-refractivity contribution in [2.45, 2.75) is 25.8 Å². The summed E-state index contributed by atoms with van der Waals surface area (Å²) in [5.41, 5.74) is 5.50.